The van der Waals surface area contributed by atoms with Crippen LogP contribution in [0, 0.1) is 19.3 Å². The number of piperidine rings is 1. The predicted octanol–water partition coefficient (Wildman–Crippen LogP) is 3.96. The minimum atomic E-state index is 0.154. The maximum Gasteiger partial charge on any atom is 0.0424 e. The van der Waals surface area contributed by atoms with Crippen LogP contribution in [0.1, 0.15) is 61.3 Å². The van der Waals surface area contributed by atoms with E-state index in [4.69, 9.17) is 5.73 Å². The molecule has 3 rings (SSSR count). The molecule has 1 aromatic carbocycles. The highest BCUT2D eigenvalue weighted by atomic mass is 15.1. The molecule has 0 aromatic heterocycles. The van der Waals surface area contributed by atoms with E-state index < -0.39 is 0 Å². The van der Waals surface area contributed by atoms with Crippen LogP contribution < -0.4 is 5.73 Å². The Hall–Kier alpha value is -0.860. The highest BCUT2D eigenvalue weighted by molar-refractivity contribution is 5.30. The monoisotopic (exact) mass is 286 g/mol. The van der Waals surface area contributed by atoms with Crippen LogP contribution in [-0.4, -0.2) is 24.5 Å². The number of rotatable bonds is 3. The second-order valence-corrected chi connectivity index (χ2v) is 7.54. The summed E-state index contributed by atoms with van der Waals surface area (Å²) in [6.07, 6.45) is 8.66. The van der Waals surface area contributed by atoms with Crippen LogP contribution in [0.3, 0.4) is 0 Å². The molecule has 21 heavy (non-hydrogen) atoms. The smallest absolute Gasteiger partial charge is 0.0424 e. The summed E-state index contributed by atoms with van der Waals surface area (Å²) in [7, 11) is 0. The first kappa shape index (κ1) is 15.1. The molecule has 1 aliphatic carbocycles. The van der Waals surface area contributed by atoms with Gasteiger partial charge < -0.3 is 10.6 Å². The lowest BCUT2D eigenvalue weighted by Crippen LogP contribution is -2.42. The molecule has 0 amide bonds. The minimum Gasteiger partial charge on any atom is -0.323 e. The number of nitrogens with zero attached hydrogens (tertiary/aromatic N) is 1. The summed E-state index contributed by atoms with van der Waals surface area (Å²) < 4.78 is 0. The molecule has 1 unspecified atom stereocenters. The van der Waals surface area contributed by atoms with Crippen molar-refractivity contribution < 1.29 is 0 Å². The van der Waals surface area contributed by atoms with Crippen LogP contribution in [0.25, 0.3) is 0 Å². The van der Waals surface area contributed by atoms with Gasteiger partial charge in [-0.1, -0.05) is 42.2 Å². The fourth-order valence-corrected chi connectivity index (χ4v) is 4.44. The molecule has 2 fully saturated rings. The summed E-state index contributed by atoms with van der Waals surface area (Å²) in [5, 5.41) is 0. The molecule has 1 aliphatic heterocycles. The molecule has 116 valence electrons. The van der Waals surface area contributed by atoms with Crippen LogP contribution in [-0.2, 0) is 0 Å². The van der Waals surface area contributed by atoms with E-state index in [9.17, 15) is 0 Å². The molecule has 2 heteroatoms. The minimum absolute atomic E-state index is 0.154. The molecule has 1 saturated carbocycles. The molecular weight excluding hydrogens is 256 g/mol. The number of aryl methyl sites for hydroxylation is 2. The summed E-state index contributed by atoms with van der Waals surface area (Å²) in [4.78, 5) is 2.59. The molecule has 1 saturated heterocycles. The maximum atomic E-state index is 6.47. The molecule has 2 aliphatic rings. The lowest BCUT2D eigenvalue weighted by atomic mass is 9.77. The summed E-state index contributed by atoms with van der Waals surface area (Å²) in [6, 6.07) is 6.88. The average Bonchev–Trinajstić information content (AvgIpc) is 2.89. The molecule has 2 N–H and O–H groups in total. The van der Waals surface area contributed by atoms with Gasteiger partial charge >= 0.3 is 0 Å². The zero-order valence-electron chi connectivity index (χ0n) is 13.7. The summed E-state index contributed by atoms with van der Waals surface area (Å²) in [6.45, 7) is 7.83. The third-order valence-electron chi connectivity index (χ3n) is 5.71. The van der Waals surface area contributed by atoms with Crippen molar-refractivity contribution in [1.29, 1.82) is 0 Å². The van der Waals surface area contributed by atoms with Gasteiger partial charge in [-0.3, -0.25) is 0 Å². The number of nitrogens with two attached hydrogens (primary N) is 1. The van der Waals surface area contributed by atoms with Crippen molar-refractivity contribution in [2.45, 2.75) is 58.4 Å². The topological polar surface area (TPSA) is 29.3 Å². The Morgan fingerprint density at radius 1 is 1.00 bits per heavy atom. The summed E-state index contributed by atoms with van der Waals surface area (Å²) >= 11 is 0. The molecule has 1 aromatic rings. The Balaban J connectivity index is 1.57. The average molecular weight is 286 g/mol. The fourth-order valence-electron chi connectivity index (χ4n) is 4.44. The standard InChI is InChI=1S/C19H30N2/c1-15-11-16(2)13-17(12-15)18(20)14-21-9-7-19(8-10-21)5-3-4-6-19/h11-13,18H,3-10,14,20H2,1-2H3. The van der Waals surface area contributed by atoms with Gasteiger partial charge in [-0.25, -0.2) is 0 Å². The second kappa shape index (κ2) is 6.10. The van der Waals surface area contributed by atoms with Crippen LogP contribution in [0.4, 0.5) is 0 Å². The third-order valence-corrected chi connectivity index (χ3v) is 5.71. The highest BCUT2D eigenvalue weighted by Gasteiger charge is 2.36. The molecule has 0 bridgehead atoms. The largest absolute Gasteiger partial charge is 0.323 e. The van der Waals surface area contributed by atoms with Crippen molar-refractivity contribution in [2.75, 3.05) is 19.6 Å². The van der Waals surface area contributed by atoms with Gasteiger partial charge in [0.25, 0.3) is 0 Å². The van der Waals surface area contributed by atoms with E-state index in [0.717, 1.165) is 6.54 Å². The van der Waals surface area contributed by atoms with Crippen molar-refractivity contribution in [2.24, 2.45) is 11.1 Å². The predicted molar refractivity (Wildman–Crippen MR) is 89.4 cm³/mol. The normalized spacial score (nSPS) is 23.6. The van der Waals surface area contributed by atoms with Crippen molar-refractivity contribution in [3.63, 3.8) is 0 Å². The van der Waals surface area contributed by atoms with Gasteiger partial charge in [0.05, 0.1) is 0 Å². The molecule has 1 heterocycles. The van der Waals surface area contributed by atoms with Crippen LogP contribution >= 0.6 is 0 Å². The van der Waals surface area contributed by atoms with Crippen molar-refractivity contribution >= 4 is 0 Å². The van der Waals surface area contributed by atoms with E-state index >= 15 is 0 Å². The van der Waals surface area contributed by atoms with E-state index in [1.54, 1.807) is 0 Å². The summed E-state index contributed by atoms with van der Waals surface area (Å²) in [5.41, 5.74) is 11.1. The van der Waals surface area contributed by atoms with E-state index in [-0.39, 0.29) is 6.04 Å². The quantitative estimate of drug-likeness (QED) is 0.911. The first-order valence-electron chi connectivity index (χ1n) is 8.63. The van der Waals surface area contributed by atoms with E-state index in [0.29, 0.717) is 5.41 Å². The van der Waals surface area contributed by atoms with E-state index in [1.807, 2.05) is 0 Å². The SMILES string of the molecule is Cc1cc(C)cc(C(N)CN2CCC3(CCCC3)CC2)c1. The van der Waals surface area contributed by atoms with Gasteiger partial charge in [-0.15, -0.1) is 0 Å². The number of likely N-dealkylation sites (tertiary alicyclic amines) is 1. The number of hydrogen-bond donors (Lipinski definition) is 1. The zero-order chi connectivity index (χ0) is 14.9. The molecular formula is C19H30N2. The third kappa shape index (κ3) is 3.49. The Morgan fingerprint density at radius 3 is 2.14 bits per heavy atom. The molecule has 2 nitrogen and oxygen atoms in total. The number of hydrogen-bond acceptors (Lipinski definition) is 2. The van der Waals surface area contributed by atoms with Crippen molar-refractivity contribution in [3.05, 3.63) is 34.9 Å². The highest BCUT2D eigenvalue weighted by Crippen LogP contribution is 2.46. The van der Waals surface area contributed by atoms with E-state index in [2.05, 4.69) is 36.9 Å². The Kier molecular flexibility index (Phi) is 4.37. The first-order chi connectivity index (χ1) is 10.1. The van der Waals surface area contributed by atoms with Gasteiger partial charge in [0.1, 0.15) is 0 Å². The van der Waals surface area contributed by atoms with E-state index in [1.165, 1.54) is 68.3 Å². The lowest BCUT2D eigenvalue weighted by Gasteiger charge is -2.40. The molecule has 0 radical (unpaired) electrons. The van der Waals surface area contributed by atoms with Crippen molar-refractivity contribution in [3.8, 4) is 0 Å². The van der Waals surface area contributed by atoms with Gasteiger partial charge in [0.15, 0.2) is 0 Å². The molecule has 1 spiro atoms. The van der Waals surface area contributed by atoms with Gasteiger partial charge in [-0.2, -0.15) is 0 Å². The van der Waals surface area contributed by atoms with Gasteiger partial charge in [0, 0.05) is 12.6 Å². The number of benzene rings is 1. The summed E-state index contributed by atoms with van der Waals surface area (Å²) in [5.74, 6) is 0. The second-order valence-electron chi connectivity index (χ2n) is 7.54. The van der Waals surface area contributed by atoms with Crippen molar-refractivity contribution in [1.82, 2.24) is 4.90 Å². The lowest BCUT2D eigenvalue weighted by molar-refractivity contribution is 0.104. The zero-order valence-corrected chi connectivity index (χ0v) is 13.7. The first-order valence-corrected chi connectivity index (χ1v) is 8.63. The molecule has 1 atom stereocenters. The van der Waals surface area contributed by atoms with Gasteiger partial charge in [-0.05, 0) is 63.6 Å². The Morgan fingerprint density at radius 2 is 1.57 bits per heavy atom. The van der Waals surface area contributed by atoms with Gasteiger partial charge in [0.2, 0.25) is 0 Å². The maximum absolute atomic E-state index is 6.47. The van der Waals surface area contributed by atoms with Crippen LogP contribution in [0.2, 0.25) is 0 Å². The Bertz CT molecular complexity index is 458. The van der Waals surface area contributed by atoms with Crippen LogP contribution in [0.15, 0.2) is 18.2 Å². The Labute approximate surface area is 129 Å². The fraction of sp³-hybridized carbons (Fsp3) is 0.684. The van der Waals surface area contributed by atoms with Crippen LogP contribution in [0.5, 0.6) is 0 Å².